The number of aliphatic hydroxyl groups excluding tert-OH is 1. The van der Waals surface area contributed by atoms with Gasteiger partial charge >= 0.3 is 0 Å². The molecule has 1 aromatic carbocycles. The van der Waals surface area contributed by atoms with Gasteiger partial charge in [0.25, 0.3) is 0 Å². The zero-order valence-corrected chi connectivity index (χ0v) is 13.2. The number of hydrogen-bond donors (Lipinski definition) is 2. The minimum atomic E-state index is -0.467. The Hall–Kier alpha value is -1.37. The summed E-state index contributed by atoms with van der Waals surface area (Å²) in [5.74, 6) is 0.993. The normalized spacial score (nSPS) is 14.8. The molecule has 0 amide bonds. The van der Waals surface area contributed by atoms with Crippen molar-refractivity contribution in [3.63, 3.8) is 0 Å². The van der Waals surface area contributed by atoms with Crippen molar-refractivity contribution in [3.8, 4) is 5.75 Å². The number of nitrogens with zero attached hydrogens (tertiary/aromatic N) is 2. The highest BCUT2D eigenvalue weighted by Crippen LogP contribution is 2.32. The van der Waals surface area contributed by atoms with Crippen molar-refractivity contribution >= 4 is 15.9 Å². The number of hydrogen-bond acceptors (Lipinski definition) is 4. The SMILES string of the molecule is OC(CNCc1cc(Br)cc2c1OCC2)Cn1cccn1. The molecule has 1 aromatic heterocycles. The molecule has 2 aromatic rings. The molecule has 2 N–H and O–H groups in total. The Kier molecular flexibility index (Phi) is 4.57. The number of ether oxygens (including phenoxy) is 1. The van der Waals surface area contributed by atoms with Crippen LogP contribution in [0.5, 0.6) is 5.75 Å². The molecule has 0 bridgehead atoms. The summed E-state index contributed by atoms with van der Waals surface area (Å²) >= 11 is 3.53. The molecular formula is C15H18BrN3O2. The van der Waals surface area contributed by atoms with E-state index in [1.54, 1.807) is 10.9 Å². The Morgan fingerprint density at radius 3 is 3.19 bits per heavy atom. The van der Waals surface area contributed by atoms with Crippen LogP contribution in [-0.2, 0) is 19.5 Å². The van der Waals surface area contributed by atoms with Crippen molar-refractivity contribution < 1.29 is 9.84 Å². The van der Waals surface area contributed by atoms with Crippen LogP contribution < -0.4 is 10.1 Å². The van der Waals surface area contributed by atoms with Crippen LogP contribution in [0.4, 0.5) is 0 Å². The minimum Gasteiger partial charge on any atom is -0.493 e. The first-order valence-corrected chi connectivity index (χ1v) is 7.82. The van der Waals surface area contributed by atoms with E-state index in [1.807, 2.05) is 12.3 Å². The van der Waals surface area contributed by atoms with Gasteiger partial charge in [0, 0.05) is 41.9 Å². The van der Waals surface area contributed by atoms with Crippen molar-refractivity contribution in [2.75, 3.05) is 13.2 Å². The van der Waals surface area contributed by atoms with Gasteiger partial charge in [-0.05, 0) is 23.8 Å². The number of aromatic nitrogens is 2. The Morgan fingerprint density at radius 1 is 1.48 bits per heavy atom. The van der Waals surface area contributed by atoms with Crippen LogP contribution in [0, 0.1) is 0 Å². The molecule has 0 saturated heterocycles. The van der Waals surface area contributed by atoms with E-state index in [-0.39, 0.29) is 0 Å². The third-order valence-corrected chi connectivity index (χ3v) is 3.94. The number of aliphatic hydroxyl groups is 1. The van der Waals surface area contributed by atoms with E-state index in [0.29, 0.717) is 19.6 Å². The lowest BCUT2D eigenvalue weighted by atomic mass is 10.1. The molecule has 21 heavy (non-hydrogen) atoms. The molecule has 5 nitrogen and oxygen atoms in total. The highest BCUT2D eigenvalue weighted by Gasteiger charge is 2.17. The molecule has 1 aliphatic heterocycles. The van der Waals surface area contributed by atoms with Gasteiger partial charge in [-0.2, -0.15) is 5.10 Å². The molecule has 1 aliphatic rings. The van der Waals surface area contributed by atoms with Crippen molar-refractivity contribution in [3.05, 3.63) is 46.2 Å². The van der Waals surface area contributed by atoms with E-state index >= 15 is 0 Å². The summed E-state index contributed by atoms with van der Waals surface area (Å²) < 4.78 is 8.49. The van der Waals surface area contributed by atoms with Crippen LogP contribution in [-0.4, -0.2) is 34.1 Å². The fourth-order valence-electron chi connectivity index (χ4n) is 2.54. The van der Waals surface area contributed by atoms with Gasteiger partial charge in [0.1, 0.15) is 5.75 Å². The van der Waals surface area contributed by atoms with Gasteiger partial charge in [-0.25, -0.2) is 0 Å². The molecule has 1 unspecified atom stereocenters. The molecule has 2 heterocycles. The zero-order valence-electron chi connectivity index (χ0n) is 11.6. The predicted octanol–water partition coefficient (Wildman–Crippen LogP) is 1.73. The van der Waals surface area contributed by atoms with E-state index < -0.39 is 6.10 Å². The van der Waals surface area contributed by atoms with Gasteiger partial charge in [-0.1, -0.05) is 15.9 Å². The third kappa shape index (κ3) is 3.64. The smallest absolute Gasteiger partial charge is 0.127 e. The molecule has 0 aliphatic carbocycles. The molecule has 0 radical (unpaired) electrons. The Labute approximate surface area is 132 Å². The number of nitrogens with one attached hydrogen (secondary N) is 1. The predicted molar refractivity (Wildman–Crippen MR) is 83.3 cm³/mol. The van der Waals surface area contributed by atoms with Crippen LogP contribution in [0.3, 0.4) is 0 Å². The maximum Gasteiger partial charge on any atom is 0.127 e. The average molecular weight is 352 g/mol. The highest BCUT2D eigenvalue weighted by atomic mass is 79.9. The van der Waals surface area contributed by atoms with Crippen molar-refractivity contribution in [2.24, 2.45) is 0 Å². The third-order valence-electron chi connectivity index (χ3n) is 3.48. The number of fused-ring (bicyclic) bond motifs is 1. The van der Waals surface area contributed by atoms with Gasteiger partial charge < -0.3 is 15.2 Å². The lowest BCUT2D eigenvalue weighted by molar-refractivity contribution is 0.146. The molecule has 6 heteroatoms. The molecule has 3 rings (SSSR count). The van der Waals surface area contributed by atoms with Gasteiger partial charge in [-0.15, -0.1) is 0 Å². The first-order chi connectivity index (χ1) is 10.2. The largest absolute Gasteiger partial charge is 0.493 e. The standard InChI is InChI=1S/C15H18BrN3O2/c16-13-6-11-2-5-21-15(11)12(7-13)8-17-9-14(20)10-19-4-1-3-18-19/h1,3-4,6-7,14,17,20H,2,5,8-10H2. The lowest BCUT2D eigenvalue weighted by Gasteiger charge is -2.14. The van der Waals surface area contributed by atoms with Gasteiger partial charge in [0.2, 0.25) is 0 Å². The second kappa shape index (κ2) is 6.60. The summed E-state index contributed by atoms with van der Waals surface area (Å²) in [6.07, 6.45) is 4.05. The molecular weight excluding hydrogens is 334 g/mol. The molecule has 0 fully saturated rings. The van der Waals surface area contributed by atoms with Crippen molar-refractivity contribution in [2.45, 2.75) is 25.6 Å². The van der Waals surface area contributed by atoms with Crippen LogP contribution in [0.15, 0.2) is 35.1 Å². The van der Waals surface area contributed by atoms with Crippen LogP contribution in [0.1, 0.15) is 11.1 Å². The molecule has 112 valence electrons. The number of halogens is 1. The van der Waals surface area contributed by atoms with Gasteiger partial charge in [0.05, 0.1) is 19.3 Å². The maximum atomic E-state index is 9.98. The maximum absolute atomic E-state index is 9.98. The zero-order chi connectivity index (χ0) is 14.7. The van der Waals surface area contributed by atoms with Crippen LogP contribution >= 0.6 is 15.9 Å². The highest BCUT2D eigenvalue weighted by molar-refractivity contribution is 9.10. The summed E-state index contributed by atoms with van der Waals surface area (Å²) in [5.41, 5.74) is 2.38. The van der Waals surface area contributed by atoms with Gasteiger partial charge in [-0.3, -0.25) is 4.68 Å². The summed E-state index contributed by atoms with van der Waals surface area (Å²) in [5, 5.41) is 17.3. The summed E-state index contributed by atoms with van der Waals surface area (Å²) in [7, 11) is 0. The average Bonchev–Trinajstić information content (AvgIpc) is 3.09. The second-order valence-corrected chi connectivity index (χ2v) is 6.08. The van der Waals surface area contributed by atoms with Crippen molar-refractivity contribution in [1.29, 1.82) is 0 Å². The first kappa shape index (κ1) is 14.6. The van der Waals surface area contributed by atoms with Crippen LogP contribution in [0.25, 0.3) is 0 Å². The molecule has 0 spiro atoms. The minimum absolute atomic E-state index is 0.467. The van der Waals surface area contributed by atoms with Crippen molar-refractivity contribution in [1.82, 2.24) is 15.1 Å². The van der Waals surface area contributed by atoms with E-state index in [1.165, 1.54) is 5.56 Å². The first-order valence-electron chi connectivity index (χ1n) is 7.02. The molecule has 0 saturated carbocycles. The Balaban J connectivity index is 1.54. The number of benzene rings is 1. The second-order valence-electron chi connectivity index (χ2n) is 5.16. The summed E-state index contributed by atoms with van der Waals surface area (Å²) in [6.45, 7) is 2.44. The topological polar surface area (TPSA) is 59.3 Å². The number of rotatable bonds is 6. The fraction of sp³-hybridized carbons (Fsp3) is 0.400. The Morgan fingerprint density at radius 2 is 2.38 bits per heavy atom. The quantitative estimate of drug-likeness (QED) is 0.832. The van der Waals surface area contributed by atoms with E-state index in [4.69, 9.17) is 4.74 Å². The monoisotopic (exact) mass is 351 g/mol. The summed E-state index contributed by atoms with van der Waals surface area (Å²) in [4.78, 5) is 0. The lowest BCUT2D eigenvalue weighted by Crippen LogP contribution is -2.30. The van der Waals surface area contributed by atoms with E-state index in [2.05, 4.69) is 38.5 Å². The Bertz CT molecular complexity index is 601. The van der Waals surface area contributed by atoms with E-state index in [0.717, 1.165) is 28.8 Å². The molecule has 1 atom stereocenters. The van der Waals surface area contributed by atoms with Crippen LogP contribution in [0.2, 0.25) is 0 Å². The fourth-order valence-corrected chi connectivity index (χ4v) is 3.09. The van der Waals surface area contributed by atoms with Gasteiger partial charge in [0.15, 0.2) is 0 Å². The summed E-state index contributed by atoms with van der Waals surface area (Å²) in [6, 6.07) is 6.03. The van der Waals surface area contributed by atoms with E-state index in [9.17, 15) is 5.11 Å².